The molecule has 0 bridgehead atoms. The molecular formula is C20H29N5O2. The van der Waals surface area contributed by atoms with Gasteiger partial charge in [0.2, 0.25) is 0 Å². The van der Waals surface area contributed by atoms with Gasteiger partial charge >= 0.3 is 0 Å². The fourth-order valence-electron chi connectivity index (χ4n) is 3.14. The minimum absolute atomic E-state index is 0.0117. The number of nitrogens with one attached hydrogen (secondary N) is 1. The van der Waals surface area contributed by atoms with Crippen molar-refractivity contribution in [2.45, 2.75) is 26.5 Å². The molecule has 27 heavy (non-hydrogen) atoms. The Balaban J connectivity index is 1.70. The maximum atomic E-state index is 5.95. The highest BCUT2D eigenvalue weighted by molar-refractivity contribution is 5.80. The summed E-state index contributed by atoms with van der Waals surface area (Å²) >= 11 is 0. The quantitative estimate of drug-likeness (QED) is 0.624. The maximum absolute atomic E-state index is 5.95. The monoisotopic (exact) mass is 371 g/mol. The van der Waals surface area contributed by atoms with Crippen molar-refractivity contribution in [3.8, 4) is 5.75 Å². The van der Waals surface area contributed by atoms with Gasteiger partial charge in [-0.2, -0.15) is 5.10 Å². The minimum atomic E-state index is 0.0117. The number of hydrogen-bond acceptors (Lipinski definition) is 4. The van der Waals surface area contributed by atoms with E-state index in [2.05, 4.69) is 28.3 Å². The Labute approximate surface area is 161 Å². The van der Waals surface area contributed by atoms with Gasteiger partial charge in [-0.15, -0.1) is 0 Å². The van der Waals surface area contributed by atoms with Crippen LogP contribution in [0.3, 0.4) is 0 Å². The lowest BCUT2D eigenvalue weighted by molar-refractivity contribution is -0.00805. The second-order valence-corrected chi connectivity index (χ2v) is 6.50. The molecule has 0 spiro atoms. The molecule has 2 heterocycles. The number of aliphatic imine (C=N–C) groups is 1. The lowest BCUT2D eigenvalue weighted by Crippen LogP contribution is -2.48. The molecule has 3 rings (SSSR count). The van der Waals surface area contributed by atoms with Crippen molar-refractivity contribution in [1.29, 1.82) is 0 Å². The van der Waals surface area contributed by atoms with E-state index < -0.39 is 0 Å². The van der Waals surface area contributed by atoms with E-state index >= 15 is 0 Å². The summed E-state index contributed by atoms with van der Waals surface area (Å²) < 4.78 is 13.3. The summed E-state index contributed by atoms with van der Waals surface area (Å²) in [7, 11) is 1.92. The molecule has 0 aliphatic carbocycles. The molecule has 1 aromatic heterocycles. The fraction of sp³-hybridized carbons (Fsp3) is 0.500. The standard InChI is InChI=1S/C20H29N5O2/c1-4-21-20(22-12-16-7-6-8-18(11-16)26-5-2)25-9-10-27-19(15-25)17-13-23-24(3)14-17/h6-8,11,13-14,19H,4-5,9-10,12,15H2,1-3H3,(H,21,22). The van der Waals surface area contributed by atoms with E-state index in [-0.39, 0.29) is 6.10 Å². The highest BCUT2D eigenvalue weighted by Gasteiger charge is 2.25. The Morgan fingerprint density at radius 2 is 2.30 bits per heavy atom. The van der Waals surface area contributed by atoms with Crippen molar-refractivity contribution in [1.82, 2.24) is 20.0 Å². The van der Waals surface area contributed by atoms with Crippen LogP contribution in [0.25, 0.3) is 0 Å². The van der Waals surface area contributed by atoms with Gasteiger partial charge in [0, 0.05) is 31.9 Å². The van der Waals surface area contributed by atoms with E-state index in [4.69, 9.17) is 14.5 Å². The third-order valence-corrected chi connectivity index (χ3v) is 4.42. The van der Waals surface area contributed by atoms with Crippen LogP contribution in [0.2, 0.25) is 0 Å². The molecule has 1 saturated heterocycles. The molecular weight excluding hydrogens is 342 g/mol. The predicted molar refractivity (Wildman–Crippen MR) is 106 cm³/mol. The van der Waals surface area contributed by atoms with Crippen LogP contribution < -0.4 is 10.1 Å². The van der Waals surface area contributed by atoms with Crippen LogP contribution >= 0.6 is 0 Å². The van der Waals surface area contributed by atoms with E-state index in [1.54, 1.807) is 0 Å². The number of nitrogens with zero attached hydrogens (tertiary/aromatic N) is 4. The lowest BCUT2D eigenvalue weighted by atomic mass is 10.1. The minimum Gasteiger partial charge on any atom is -0.494 e. The summed E-state index contributed by atoms with van der Waals surface area (Å²) in [4.78, 5) is 7.10. The summed E-state index contributed by atoms with van der Waals surface area (Å²) in [6, 6.07) is 8.11. The molecule has 1 atom stereocenters. The SMILES string of the molecule is CCNC(=NCc1cccc(OCC)c1)N1CCOC(c2cnn(C)c2)C1. The molecule has 1 N–H and O–H groups in total. The van der Waals surface area contributed by atoms with Crippen LogP contribution in [0.4, 0.5) is 0 Å². The first-order chi connectivity index (χ1) is 13.2. The van der Waals surface area contributed by atoms with Gasteiger partial charge in [0.15, 0.2) is 5.96 Å². The largest absolute Gasteiger partial charge is 0.494 e. The molecule has 7 heteroatoms. The van der Waals surface area contributed by atoms with Crippen molar-refractivity contribution in [3.63, 3.8) is 0 Å². The summed E-state index contributed by atoms with van der Waals surface area (Å²) in [5.74, 6) is 1.80. The van der Waals surface area contributed by atoms with E-state index in [1.807, 2.05) is 49.2 Å². The predicted octanol–water partition coefficient (Wildman–Crippen LogP) is 2.36. The highest BCUT2D eigenvalue weighted by atomic mass is 16.5. The zero-order valence-electron chi connectivity index (χ0n) is 16.4. The summed E-state index contributed by atoms with van der Waals surface area (Å²) in [6.07, 6.45) is 3.90. The Hall–Kier alpha value is -2.54. The third-order valence-electron chi connectivity index (χ3n) is 4.42. The third kappa shape index (κ3) is 5.23. The number of morpholine rings is 1. The molecule has 1 fully saturated rings. The normalized spacial score (nSPS) is 17.8. The van der Waals surface area contributed by atoms with Crippen molar-refractivity contribution in [2.24, 2.45) is 12.0 Å². The smallest absolute Gasteiger partial charge is 0.194 e. The van der Waals surface area contributed by atoms with Gasteiger partial charge in [0.25, 0.3) is 0 Å². The first-order valence-electron chi connectivity index (χ1n) is 9.54. The fourth-order valence-corrected chi connectivity index (χ4v) is 3.14. The summed E-state index contributed by atoms with van der Waals surface area (Å²) in [5, 5.41) is 7.67. The summed E-state index contributed by atoms with van der Waals surface area (Å²) in [5.41, 5.74) is 2.23. The Morgan fingerprint density at radius 3 is 3.04 bits per heavy atom. The number of ether oxygens (including phenoxy) is 2. The second kappa shape index (κ2) is 9.41. The lowest BCUT2D eigenvalue weighted by Gasteiger charge is -2.34. The molecule has 1 aliphatic heterocycles. The van der Waals surface area contributed by atoms with Crippen LogP contribution in [0, 0.1) is 0 Å². The van der Waals surface area contributed by atoms with Crippen molar-refractivity contribution in [2.75, 3.05) is 32.8 Å². The average Bonchev–Trinajstić information content (AvgIpc) is 3.12. The average molecular weight is 371 g/mol. The van der Waals surface area contributed by atoms with Gasteiger partial charge < -0.3 is 19.7 Å². The van der Waals surface area contributed by atoms with Crippen LogP contribution in [-0.4, -0.2) is 53.5 Å². The van der Waals surface area contributed by atoms with Gasteiger partial charge in [-0.05, 0) is 31.5 Å². The first kappa shape index (κ1) is 19.2. The number of hydrogen-bond donors (Lipinski definition) is 1. The topological polar surface area (TPSA) is 63.9 Å². The van der Waals surface area contributed by atoms with E-state index in [0.717, 1.165) is 42.5 Å². The van der Waals surface area contributed by atoms with Gasteiger partial charge in [-0.25, -0.2) is 4.99 Å². The van der Waals surface area contributed by atoms with Gasteiger partial charge in [-0.3, -0.25) is 4.68 Å². The molecule has 0 amide bonds. The van der Waals surface area contributed by atoms with E-state index in [0.29, 0.717) is 19.8 Å². The molecule has 146 valence electrons. The molecule has 2 aromatic rings. The van der Waals surface area contributed by atoms with E-state index in [9.17, 15) is 0 Å². The number of guanidine groups is 1. The molecule has 0 saturated carbocycles. The van der Waals surface area contributed by atoms with Crippen molar-refractivity contribution < 1.29 is 9.47 Å². The molecule has 7 nitrogen and oxygen atoms in total. The maximum Gasteiger partial charge on any atom is 0.194 e. The molecule has 0 radical (unpaired) electrons. The van der Waals surface area contributed by atoms with E-state index in [1.165, 1.54) is 0 Å². The zero-order valence-corrected chi connectivity index (χ0v) is 16.4. The Morgan fingerprint density at radius 1 is 1.41 bits per heavy atom. The highest BCUT2D eigenvalue weighted by Crippen LogP contribution is 2.22. The van der Waals surface area contributed by atoms with Gasteiger partial charge in [-0.1, -0.05) is 12.1 Å². The van der Waals surface area contributed by atoms with Crippen molar-refractivity contribution >= 4 is 5.96 Å². The number of aryl methyl sites for hydroxylation is 1. The van der Waals surface area contributed by atoms with Crippen LogP contribution in [0.1, 0.15) is 31.1 Å². The van der Waals surface area contributed by atoms with Crippen molar-refractivity contribution in [3.05, 3.63) is 47.8 Å². The number of benzene rings is 1. The number of aromatic nitrogens is 2. The Bertz CT molecular complexity index is 758. The number of rotatable bonds is 6. The molecule has 1 aromatic carbocycles. The molecule has 1 unspecified atom stereocenters. The van der Waals surface area contributed by atoms with Crippen LogP contribution in [0.15, 0.2) is 41.7 Å². The second-order valence-electron chi connectivity index (χ2n) is 6.50. The van der Waals surface area contributed by atoms with Crippen LogP contribution in [-0.2, 0) is 18.3 Å². The van der Waals surface area contributed by atoms with Crippen LogP contribution in [0.5, 0.6) is 5.75 Å². The Kier molecular flexibility index (Phi) is 6.70. The first-order valence-corrected chi connectivity index (χ1v) is 9.54. The summed E-state index contributed by atoms with van der Waals surface area (Å²) in [6.45, 7) is 8.43. The molecule has 1 aliphatic rings. The zero-order chi connectivity index (χ0) is 19.1. The van der Waals surface area contributed by atoms with Gasteiger partial charge in [0.05, 0.1) is 32.5 Å². The van der Waals surface area contributed by atoms with Gasteiger partial charge in [0.1, 0.15) is 11.9 Å².